The van der Waals surface area contributed by atoms with Crippen LogP contribution in [0.4, 0.5) is 0 Å². The molecule has 0 unspecified atom stereocenters. The van der Waals surface area contributed by atoms with Crippen LogP contribution in [-0.4, -0.2) is 47.2 Å². The van der Waals surface area contributed by atoms with Gasteiger partial charge in [0.2, 0.25) is 5.91 Å². The van der Waals surface area contributed by atoms with Crippen molar-refractivity contribution < 1.29 is 24.6 Å². The van der Waals surface area contributed by atoms with Crippen molar-refractivity contribution in [3.8, 4) is 0 Å². The maximum atomic E-state index is 11.5. The summed E-state index contributed by atoms with van der Waals surface area (Å²) in [6, 6.07) is 2.08. The molecule has 1 rings (SSSR count). The Morgan fingerprint density at radius 3 is 2.63 bits per heavy atom. The molecule has 1 heterocycles. The summed E-state index contributed by atoms with van der Waals surface area (Å²) in [4.78, 5) is 34.0. The zero-order valence-electron chi connectivity index (χ0n) is 9.96. The van der Waals surface area contributed by atoms with Crippen LogP contribution in [0, 0.1) is 0 Å². The molecule has 8 heteroatoms. The molecule has 0 bridgehead atoms. The zero-order valence-corrected chi connectivity index (χ0v) is 10.8. The van der Waals surface area contributed by atoms with Crippen LogP contribution >= 0.6 is 11.3 Å². The maximum absolute atomic E-state index is 11.5. The van der Waals surface area contributed by atoms with Crippen molar-refractivity contribution in [2.75, 3.05) is 13.2 Å². The molecule has 1 aromatic rings. The lowest BCUT2D eigenvalue weighted by atomic mass is 10.3. The first-order chi connectivity index (χ1) is 9.04. The van der Waals surface area contributed by atoms with Crippen LogP contribution in [-0.2, 0) is 9.59 Å². The molecule has 4 N–H and O–H groups in total. The van der Waals surface area contributed by atoms with E-state index in [4.69, 9.17) is 10.2 Å². The van der Waals surface area contributed by atoms with Gasteiger partial charge in [-0.25, -0.2) is 4.79 Å². The van der Waals surface area contributed by atoms with E-state index in [1.807, 2.05) is 0 Å². The van der Waals surface area contributed by atoms with Gasteiger partial charge in [-0.1, -0.05) is 6.07 Å². The number of thiophene rings is 1. The van der Waals surface area contributed by atoms with Crippen molar-refractivity contribution in [1.82, 2.24) is 10.6 Å². The Morgan fingerprint density at radius 1 is 1.37 bits per heavy atom. The van der Waals surface area contributed by atoms with E-state index in [2.05, 4.69) is 10.6 Å². The van der Waals surface area contributed by atoms with Gasteiger partial charge in [0.1, 0.15) is 6.04 Å². The first kappa shape index (κ1) is 15.1. The molecule has 0 spiro atoms. The minimum atomic E-state index is -1.32. The number of amides is 2. The Kier molecular flexibility index (Phi) is 5.97. The number of hydrogen-bond acceptors (Lipinski definition) is 5. The quantitative estimate of drug-likeness (QED) is 0.536. The van der Waals surface area contributed by atoms with Crippen LogP contribution in [0.25, 0.3) is 0 Å². The lowest BCUT2D eigenvalue weighted by Crippen LogP contribution is -2.44. The Balaban J connectivity index is 2.27. The highest BCUT2D eigenvalue weighted by Gasteiger charge is 2.18. The normalized spacial score (nSPS) is 11.6. The summed E-state index contributed by atoms with van der Waals surface area (Å²) < 4.78 is 0. The molecule has 0 aliphatic carbocycles. The molecule has 1 atom stereocenters. The van der Waals surface area contributed by atoms with Gasteiger partial charge in [0.05, 0.1) is 11.5 Å². The Hall–Kier alpha value is -1.93. The van der Waals surface area contributed by atoms with Crippen LogP contribution in [0.3, 0.4) is 0 Å². The first-order valence-electron chi connectivity index (χ1n) is 5.49. The Morgan fingerprint density at radius 2 is 2.11 bits per heavy atom. The van der Waals surface area contributed by atoms with Crippen molar-refractivity contribution in [1.29, 1.82) is 0 Å². The van der Waals surface area contributed by atoms with Gasteiger partial charge in [-0.05, 0) is 11.4 Å². The third-order valence-electron chi connectivity index (χ3n) is 2.20. The highest BCUT2D eigenvalue weighted by molar-refractivity contribution is 7.12. The molecule has 104 valence electrons. The largest absolute Gasteiger partial charge is 0.480 e. The molecule has 7 nitrogen and oxygen atoms in total. The fraction of sp³-hybridized carbons (Fsp3) is 0.364. The standard InChI is InChI=1S/C11H14N2O5S/c14-6-7(11(17)18)13-9(15)3-4-12-10(16)8-2-1-5-19-8/h1-2,5,7,14H,3-4,6H2,(H,12,16)(H,13,15)(H,17,18)/t7-/m1/s1. The third kappa shape index (κ3) is 5.06. The molecule has 19 heavy (non-hydrogen) atoms. The number of rotatable bonds is 7. The summed E-state index contributed by atoms with van der Waals surface area (Å²) in [6.07, 6.45) is -0.0547. The number of hydrogen-bond donors (Lipinski definition) is 4. The molecule has 2 amide bonds. The predicted molar refractivity (Wildman–Crippen MR) is 67.9 cm³/mol. The summed E-state index contributed by atoms with van der Waals surface area (Å²) in [6.45, 7) is -0.580. The SMILES string of the molecule is O=C(CCNC(=O)c1cccs1)N[C@H](CO)C(=O)O. The third-order valence-corrected chi connectivity index (χ3v) is 3.07. The molecular formula is C11H14N2O5S. The molecule has 0 saturated heterocycles. The van der Waals surface area contributed by atoms with E-state index in [9.17, 15) is 14.4 Å². The first-order valence-corrected chi connectivity index (χ1v) is 6.37. The van der Waals surface area contributed by atoms with E-state index in [0.29, 0.717) is 4.88 Å². The van der Waals surface area contributed by atoms with E-state index >= 15 is 0 Å². The lowest BCUT2D eigenvalue weighted by Gasteiger charge is -2.11. The van der Waals surface area contributed by atoms with Gasteiger partial charge in [-0.2, -0.15) is 0 Å². The highest BCUT2D eigenvalue weighted by atomic mass is 32.1. The van der Waals surface area contributed by atoms with Crippen molar-refractivity contribution in [2.24, 2.45) is 0 Å². The maximum Gasteiger partial charge on any atom is 0.328 e. The van der Waals surface area contributed by atoms with Crippen LogP contribution in [0.15, 0.2) is 17.5 Å². The minimum absolute atomic E-state index is 0.0547. The van der Waals surface area contributed by atoms with Gasteiger partial charge < -0.3 is 20.8 Å². The van der Waals surface area contributed by atoms with E-state index in [0.717, 1.165) is 0 Å². The average molecular weight is 286 g/mol. The fourth-order valence-electron chi connectivity index (χ4n) is 1.24. The number of carbonyl (C=O) groups is 3. The van der Waals surface area contributed by atoms with E-state index in [-0.39, 0.29) is 18.9 Å². The van der Waals surface area contributed by atoms with Crippen LogP contribution in [0.2, 0.25) is 0 Å². The number of nitrogens with one attached hydrogen (secondary N) is 2. The van der Waals surface area contributed by atoms with Crippen molar-refractivity contribution >= 4 is 29.1 Å². The number of aliphatic hydroxyl groups is 1. The molecule has 0 saturated carbocycles. The fourth-order valence-corrected chi connectivity index (χ4v) is 1.88. The number of aliphatic carboxylic acids is 1. The summed E-state index contributed by atoms with van der Waals surface area (Å²) in [7, 11) is 0. The molecule has 0 radical (unpaired) electrons. The van der Waals surface area contributed by atoms with Gasteiger partial charge in [-0.15, -0.1) is 11.3 Å². The molecule has 1 aromatic heterocycles. The number of carbonyl (C=O) groups excluding carboxylic acids is 2. The molecule has 0 aliphatic heterocycles. The Labute approximate surface area is 113 Å². The monoisotopic (exact) mass is 286 g/mol. The molecule has 0 fully saturated rings. The van der Waals surface area contributed by atoms with Crippen LogP contribution in [0.1, 0.15) is 16.1 Å². The summed E-state index contributed by atoms with van der Waals surface area (Å²) >= 11 is 1.28. The summed E-state index contributed by atoms with van der Waals surface area (Å²) in [5, 5.41) is 23.8. The number of carboxylic acid groups (broad SMARTS) is 1. The van der Waals surface area contributed by atoms with E-state index in [1.54, 1.807) is 17.5 Å². The lowest BCUT2D eigenvalue weighted by molar-refractivity contribution is -0.142. The zero-order chi connectivity index (χ0) is 14.3. The van der Waals surface area contributed by atoms with Gasteiger partial charge >= 0.3 is 5.97 Å². The average Bonchev–Trinajstić information content (AvgIpc) is 2.89. The second-order valence-corrected chi connectivity index (χ2v) is 4.57. The molecular weight excluding hydrogens is 272 g/mol. The smallest absolute Gasteiger partial charge is 0.328 e. The van der Waals surface area contributed by atoms with E-state index < -0.39 is 24.5 Å². The molecule has 0 aromatic carbocycles. The molecule has 0 aliphatic rings. The second kappa shape index (κ2) is 7.49. The highest BCUT2D eigenvalue weighted by Crippen LogP contribution is 2.07. The van der Waals surface area contributed by atoms with Gasteiger partial charge in [0, 0.05) is 13.0 Å². The predicted octanol–water partition coefficient (Wildman–Crippen LogP) is -0.570. The van der Waals surface area contributed by atoms with Crippen LogP contribution in [0.5, 0.6) is 0 Å². The van der Waals surface area contributed by atoms with Gasteiger partial charge in [0.15, 0.2) is 0 Å². The Bertz CT molecular complexity index is 446. The van der Waals surface area contributed by atoms with Crippen LogP contribution < -0.4 is 10.6 Å². The van der Waals surface area contributed by atoms with Gasteiger partial charge in [0.25, 0.3) is 5.91 Å². The van der Waals surface area contributed by atoms with Gasteiger partial charge in [-0.3, -0.25) is 9.59 Å². The number of aliphatic hydroxyl groups excluding tert-OH is 1. The number of carboxylic acids is 1. The summed E-state index contributed by atoms with van der Waals surface area (Å²) in [5.74, 6) is -2.13. The van der Waals surface area contributed by atoms with Crippen molar-refractivity contribution in [3.05, 3.63) is 22.4 Å². The van der Waals surface area contributed by atoms with Crippen molar-refractivity contribution in [3.63, 3.8) is 0 Å². The topological polar surface area (TPSA) is 116 Å². The van der Waals surface area contributed by atoms with E-state index in [1.165, 1.54) is 11.3 Å². The summed E-state index contributed by atoms with van der Waals surface area (Å²) in [5.41, 5.74) is 0. The second-order valence-electron chi connectivity index (χ2n) is 3.62. The van der Waals surface area contributed by atoms with Crippen molar-refractivity contribution in [2.45, 2.75) is 12.5 Å². The minimum Gasteiger partial charge on any atom is -0.480 e.